The number of carbonyl (C=O) groups is 2. The molecule has 0 aromatic heterocycles. The van der Waals surface area contributed by atoms with Gasteiger partial charge in [-0.1, -0.05) is 38.1 Å². The van der Waals surface area contributed by atoms with E-state index in [2.05, 4.69) is 4.90 Å². The van der Waals surface area contributed by atoms with E-state index >= 15 is 0 Å². The van der Waals surface area contributed by atoms with Crippen molar-refractivity contribution in [2.24, 2.45) is 0 Å². The summed E-state index contributed by atoms with van der Waals surface area (Å²) in [5.41, 5.74) is 0.937. The number of amides is 1. The molecule has 6 nitrogen and oxygen atoms in total. The Labute approximate surface area is 187 Å². The van der Waals surface area contributed by atoms with E-state index in [0.717, 1.165) is 13.1 Å². The SMILES string of the molecule is CCOc1cccc(C(O)=C2C(=O)C(=O)N(CCN(CC)CC)C2c2ccc(F)cc2)c1. The molecule has 1 aliphatic heterocycles. The summed E-state index contributed by atoms with van der Waals surface area (Å²) in [6.45, 7) is 8.87. The molecule has 0 radical (unpaired) electrons. The Kier molecular flexibility index (Phi) is 7.64. The molecule has 2 aromatic rings. The number of ketones is 1. The number of aliphatic hydroxyl groups is 1. The van der Waals surface area contributed by atoms with Gasteiger partial charge in [0.2, 0.25) is 0 Å². The predicted octanol–water partition coefficient (Wildman–Crippen LogP) is 3.99. The highest BCUT2D eigenvalue weighted by Gasteiger charge is 2.46. The number of nitrogens with zero attached hydrogens (tertiary/aromatic N) is 2. The topological polar surface area (TPSA) is 70.1 Å². The van der Waals surface area contributed by atoms with Gasteiger partial charge in [0.05, 0.1) is 18.2 Å². The van der Waals surface area contributed by atoms with Crippen molar-refractivity contribution in [2.75, 3.05) is 32.8 Å². The minimum atomic E-state index is -0.804. The lowest BCUT2D eigenvalue weighted by Crippen LogP contribution is -2.38. The lowest BCUT2D eigenvalue weighted by Gasteiger charge is -2.28. The first-order chi connectivity index (χ1) is 15.4. The van der Waals surface area contributed by atoms with Crippen molar-refractivity contribution in [1.29, 1.82) is 0 Å². The van der Waals surface area contributed by atoms with Crippen LogP contribution in [0.1, 0.15) is 37.9 Å². The summed E-state index contributed by atoms with van der Waals surface area (Å²) < 4.78 is 19.1. The summed E-state index contributed by atoms with van der Waals surface area (Å²) in [5, 5.41) is 11.1. The molecule has 1 unspecified atom stereocenters. The Morgan fingerprint density at radius 2 is 1.78 bits per heavy atom. The molecule has 2 aromatic carbocycles. The first-order valence-electron chi connectivity index (χ1n) is 10.9. The van der Waals surface area contributed by atoms with Crippen molar-refractivity contribution in [1.82, 2.24) is 9.80 Å². The number of carbonyl (C=O) groups excluding carboxylic acids is 2. The molecule has 1 heterocycles. The molecule has 0 spiro atoms. The number of Topliss-reactive ketones (excluding diaryl/α,β-unsaturated/α-hetero) is 1. The highest BCUT2D eigenvalue weighted by Crippen LogP contribution is 2.39. The van der Waals surface area contributed by atoms with E-state index in [1.165, 1.54) is 17.0 Å². The lowest BCUT2D eigenvalue weighted by atomic mass is 9.95. The first kappa shape index (κ1) is 23.5. The van der Waals surface area contributed by atoms with Gasteiger partial charge in [0.1, 0.15) is 17.3 Å². The third kappa shape index (κ3) is 4.83. The average molecular weight is 441 g/mol. The van der Waals surface area contributed by atoms with Gasteiger partial charge in [-0.05, 0) is 49.8 Å². The van der Waals surface area contributed by atoms with E-state index in [1.54, 1.807) is 36.4 Å². The van der Waals surface area contributed by atoms with Crippen LogP contribution in [0, 0.1) is 5.82 Å². The molecule has 1 fully saturated rings. The van der Waals surface area contributed by atoms with E-state index in [9.17, 15) is 19.1 Å². The van der Waals surface area contributed by atoms with Crippen LogP contribution in [-0.4, -0.2) is 59.4 Å². The van der Waals surface area contributed by atoms with Gasteiger partial charge in [0.25, 0.3) is 11.7 Å². The number of rotatable bonds is 9. The standard InChI is InChI=1S/C25H29FN2O4/c1-4-27(5-2)14-15-28-22(17-10-12-19(26)13-11-17)21(24(30)25(28)31)23(29)18-8-7-9-20(16-18)32-6-3/h7-13,16,22,29H,4-6,14-15H2,1-3H3. The molecule has 1 aliphatic rings. The lowest BCUT2D eigenvalue weighted by molar-refractivity contribution is -0.140. The maximum Gasteiger partial charge on any atom is 0.295 e. The molecule has 1 N–H and O–H groups in total. The zero-order valence-electron chi connectivity index (χ0n) is 18.7. The predicted molar refractivity (Wildman–Crippen MR) is 121 cm³/mol. The average Bonchev–Trinajstić information content (AvgIpc) is 3.05. The maximum absolute atomic E-state index is 13.6. The van der Waals surface area contributed by atoms with Gasteiger partial charge < -0.3 is 19.6 Å². The zero-order valence-corrected chi connectivity index (χ0v) is 18.7. The molecule has 1 saturated heterocycles. The fourth-order valence-corrected chi connectivity index (χ4v) is 3.95. The Morgan fingerprint density at radius 1 is 1.09 bits per heavy atom. The van der Waals surface area contributed by atoms with Gasteiger partial charge in [0, 0.05) is 18.7 Å². The normalized spacial score (nSPS) is 17.9. The van der Waals surface area contributed by atoms with Crippen LogP contribution in [0.3, 0.4) is 0 Å². The van der Waals surface area contributed by atoms with Crippen molar-refractivity contribution in [2.45, 2.75) is 26.8 Å². The van der Waals surface area contributed by atoms with Crippen LogP contribution in [0.4, 0.5) is 4.39 Å². The molecule has 0 bridgehead atoms. The molecular weight excluding hydrogens is 411 g/mol. The van der Waals surface area contributed by atoms with Gasteiger partial charge in [-0.15, -0.1) is 0 Å². The van der Waals surface area contributed by atoms with Crippen LogP contribution < -0.4 is 4.74 Å². The highest BCUT2D eigenvalue weighted by molar-refractivity contribution is 6.46. The first-order valence-corrected chi connectivity index (χ1v) is 10.9. The molecule has 7 heteroatoms. The minimum Gasteiger partial charge on any atom is -0.507 e. The molecular formula is C25H29FN2O4. The van der Waals surface area contributed by atoms with Crippen molar-refractivity contribution in [3.8, 4) is 5.75 Å². The molecule has 0 aliphatic carbocycles. The zero-order chi connectivity index (χ0) is 23.3. The van der Waals surface area contributed by atoms with Gasteiger partial charge in [-0.2, -0.15) is 0 Å². The number of likely N-dealkylation sites (tertiary alicyclic amines) is 1. The third-order valence-electron chi connectivity index (χ3n) is 5.70. The van der Waals surface area contributed by atoms with Gasteiger partial charge in [0.15, 0.2) is 0 Å². The summed E-state index contributed by atoms with van der Waals surface area (Å²) in [5.74, 6) is -1.57. The van der Waals surface area contributed by atoms with Crippen molar-refractivity contribution in [3.63, 3.8) is 0 Å². The second kappa shape index (κ2) is 10.4. The van der Waals surface area contributed by atoms with Gasteiger partial charge >= 0.3 is 0 Å². The van der Waals surface area contributed by atoms with Crippen LogP contribution in [-0.2, 0) is 9.59 Å². The summed E-state index contributed by atoms with van der Waals surface area (Å²) in [7, 11) is 0. The summed E-state index contributed by atoms with van der Waals surface area (Å²) in [6.07, 6.45) is 0. The Hall–Kier alpha value is -3.19. The maximum atomic E-state index is 13.6. The van der Waals surface area contributed by atoms with Crippen LogP contribution in [0.5, 0.6) is 5.75 Å². The van der Waals surface area contributed by atoms with E-state index in [0.29, 0.717) is 36.6 Å². The number of benzene rings is 2. The van der Waals surface area contributed by atoms with E-state index in [4.69, 9.17) is 4.74 Å². The number of ether oxygens (including phenoxy) is 1. The monoisotopic (exact) mass is 440 g/mol. The quantitative estimate of drug-likeness (QED) is 0.363. The van der Waals surface area contributed by atoms with Crippen LogP contribution >= 0.6 is 0 Å². The largest absolute Gasteiger partial charge is 0.507 e. The number of halogens is 1. The molecule has 170 valence electrons. The third-order valence-corrected chi connectivity index (χ3v) is 5.70. The fourth-order valence-electron chi connectivity index (χ4n) is 3.95. The Balaban J connectivity index is 2.08. The second-order valence-electron chi connectivity index (χ2n) is 7.53. The van der Waals surface area contributed by atoms with Crippen LogP contribution in [0.25, 0.3) is 5.76 Å². The van der Waals surface area contributed by atoms with Gasteiger partial charge in [-0.25, -0.2) is 4.39 Å². The van der Waals surface area contributed by atoms with Gasteiger partial charge in [-0.3, -0.25) is 9.59 Å². The number of likely N-dealkylation sites (N-methyl/N-ethyl adjacent to an activating group) is 1. The molecule has 32 heavy (non-hydrogen) atoms. The Morgan fingerprint density at radius 3 is 2.41 bits per heavy atom. The molecule has 3 rings (SSSR count). The summed E-state index contributed by atoms with van der Waals surface area (Å²) in [6, 6.07) is 11.6. The minimum absolute atomic E-state index is 0.00481. The number of hydrogen-bond donors (Lipinski definition) is 1. The van der Waals surface area contributed by atoms with E-state index in [-0.39, 0.29) is 11.3 Å². The molecule has 0 saturated carbocycles. The molecule has 1 atom stereocenters. The highest BCUT2D eigenvalue weighted by atomic mass is 19.1. The Bertz CT molecular complexity index is 999. The van der Waals surface area contributed by atoms with Crippen molar-refractivity contribution < 1.29 is 23.8 Å². The van der Waals surface area contributed by atoms with Crippen LogP contribution in [0.15, 0.2) is 54.1 Å². The van der Waals surface area contributed by atoms with Crippen molar-refractivity contribution >= 4 is 17.4 Å². The second-order valence-corrected chi connectivity index (χ2v) is 7.53. The van der Waals surface area contributed by atoms with E-state index in [1.807, 2.05) is 20.8 Å². The number of aliphatic hydroxyl groups excluding tert-OH is 1. The summed E-state index contributed by atoms with van der Waals surface area (Å²) >= 11 is 0. The molecule has 1 amide bonds. The summed E-state index contributed by atoms with van der Waals surface area (Å²) in [4.78, 5) is 29.6. The smallest absolute Gasteiger partial charge is 0.295 e. The number of hydrogen-bond acceptors (Lipinski definition) is 5. The van der Waals surface area contributed by atoms with Crippen molar-refractivity contribution in [3.05, 3.63) is 71.0 Å². The van der Waals surface area contributed by atoms with Crippen LogP contribution in [0.2, 0.25) is 0 Å². The van der Waals surface area contributed by atoms with E-state index < -0.39 is 23.5 Å². The fraction of sp³-hybridized carbons (Fsp3) is 0.360.